The Bertz CT molecular complexity index is 722. The summed E-state index contributed by atoms with van der Waals surface area (Å²) < 4.78 is 22.7. The van der Waals surface area contributed by atoms with E-state index in [4.69, 9.17) is 18.9 Å². The molecule has 8 unspecified atom stereocenters. The lowest BCUT2D eigenvalue weighted by atomic mass is 9.99. The molecule has 4 aliphatic rings. The molecule has 0 N–H and O–H groups in total. The van der Waals surface area contributed by atoms with E-state index in [-0.39, 0.29) is 46.9 Å². The molecule has 4 nitrogen and oxygen atoms in total. The molecule has 8 atom stereocenters. The van der Waals surface area contributed by atoms with E-state index in [0.29, 0.717) is 0 Å². The zero-order chi connectivity index (χ0) is 27.7. The molecular formula is C23H40O4S11. The predicted octanol–water partition coefficient (Wildman–Crippen LogP) is 7.11. The Morgan fingerprint density at radius 1 is 0.474 bits per heavy atom. The van der Waals surface area contributed by atoms with Gasteiger partial charge in [-0.2, -0.15) is 35.3 Å². The standard InChI is InChI=1S/C23H40O4S11/c1-19(15(28)24-19)35-8-5-32-11-23(14-38-22(4)18(31)27-22,12-33-6-9-36-20(2)16(29)25-20)13-34-7-10-37-21(3)17(30)26-21/h15-18,28-31H,5-14H2,1-4H3. The second kappa shape index (κ2) is 14.4. The summed E-state index contributed by atoms with van der Waals surface area (Å²) in [6.07, 6.45) is 0. The summed E-state index contributed by atoms with van der Waals surface area (Å²) in [7, 11) is 0. The van der Waals surface area contributed by atoms with E-state index in [1.807, 2.05) is 47.0 Å². The topological polar surface area (TPSA) is 50.1 Å². The van der Waals surface area contributed by atoms with Crippen LogP contribution in [-0.4, -0.2) is 99.0 Å². The van der Waals surface area contributed by atoms with Crippen molar-refractivity contribution in [2.45, 2.75) is 69.2 Å². The van der Waals surface area contributed by atoms with Gasteiger partial charge in [-0.1, -0.05) is 0 Å². The third-order valence-corrected chi connectivity index (χ3v) is 20.0. The summed E-state index contributed by atoms with van der Waals surface area (Å²) in [4.78, 5) is -0.453. The zero-order valence-corrected chi connectivity index (χ0v) is 31.5. The molecule has 4 aliphatic heterocycles. The van der Waals surface area contributed by atoms with Crippen LogP contribution in [-0.2, 0) is 18.9 Å². The van der Waals surface area contributed by atoms with Gasteiger partial charge in [-0.25, -0.2) is 0 Å². The smallest absolute Gasteiger partial charge is 0.147 e. The molecule has 0 aliphatic carbocycles. The maximum atomic E-state index is 5.83. The molecule has 0 amide bonds. The van der Waals surface area contributed by atoms with Gasteiger partial charge >= 0.3 is 0 Å². The van der Waals surface area contributed by atoms with Gasteiger partial charge in [-0.05, 0) is 27.7 Å². The Morgan fingerprint density at radius 3 is 1.00 bits per heavy atom. The van der Waals surface area contributed by atoms with Crippen LogP contribution in [0, 0.1) is 5.41 Å². The van der Waals surface area contributed by atoms with E-state index < -0.39 is 0 Å². The lowest BCUT2D eigenvalue weighted by Crippen LogP contribution is -2.35. The van der Waals surface area contributed by atoms with Gasteiger partial charge in [0.2, 0.25) is 0 Å². The fourth-order valence-corrected chi connectivity index (χ4v) is 14.7. The minimum Gasteiger partial charge on any atom is -0.343 e. The first kappa shape index (κ1) is 34.6. The normalized spacial score (nSPS) is 42.6. The number of rotatable bonds is 21. The molecule has 0 spiro atoms. The van der Waals surface area contributed by atoms with Crippen LogP contribution in [0.2, 0.25) is 0 Å². The van der Waals surface area contributed by atoms with Crippen molar-refractivity contribution < 1.29 is 18.9 Å². The fourth-order valence-electron chi connectivity index (χ4n) is 3.49. The number of thioether (sulfide) groups is 7. The Balaban J connectivity index is 1.27. The number of hydrogen-bond donors (Lipinski definition) is 4. The van der Waals surface area contributed by atoms with Gasteiger partial charge in [0, 0.05) is 62.9 Å². The molecule has 4 heterocycles. The van der Waals surface area contributed by atoms with Crippen molar-refractivity contribution in [1.82, 2.24) is 0 Å². The minimum atomic E-state index is -0.158. The number of thiol groups is 4. The Morgan fingerprint density at radius 2 is 0.737 bits per heavy atom. The van der Waals surface area contributed by atoms with Gasteiger partial charge in [0.1, 0.15) is 41.5 Å². The highest BCUT2D eigenvalue weighted by molar-refractivity contribution is 8.06. The average Bonchev–Trinajstić information content (AvgIpc) is 3.81. The van der Waals surface area contributed by atoms with Crippen molar-refractivity contribution in [2.75, 3.05) is 57.5 Å². The third-order valence-electron chi connectivity index (χ3n) is 6.69. The van der Waals surface area contributed by atoms with E-state index in [9.17, 15) is 0 Å². The highest BCUT2D eigenvalue weighted by Gasteiger charge is 2.53. The highest BCUT2D eigenvalue weighted by atomic mass is 32.2. The van der Waals surface area contributed by atoms with Gasteiger partial charge in [-0.15, -0.1) is 97.6 Å². The fraction of sp³-hybridized carbons (Fsp3) is 1.00. The van der Waals surface area contributed by atoms with Crippen LogP contribution in [0.25, 0.3) is 0 Å². The van der Waals surface area contributed by atoms with Crippen molar-refractivity contribution >= 4 is 133 Å². The third kappa shape index (κ3) is 10.1. The van der Waals surface area contributed by atoms with Gasteiger partial charge in [-0.3, -0.25) is 0 Å². The van der Waals surface area contributed by atoms with Crippen LogP contribution in [0.5, 0.6) is 0 Å². The van der Waals surface area contributed by atoms with Crippen LogP contribution < -0.4 is 0 Å². The van der Waals surface area contributed by atoms with Crippen LogP contribution in [0.1, 0.15) is 27.7 Å². The molecular weight excluding hydrogens is 693 g/mol. The Kier molecular flexibility index (Phi) is 13.1. The molecule has 4 fully saturated rings. The van der Waals surface area contributed by atoms with Crippen molar-refractivity contribution in [1.29, 1.82) is 0 Å². The quantitative estimate of drug-likeness (QED) is 0.0555. The molecule has 0 aromatic heterocycles. The SMILES string of the molecule is CC1(SCCSCC(CSCCSC2(C)OC2S)(CSCCSC2(C)OC2S)CSC2(C)OC2S)OC1S. The number of hydrogen-bond acceptors (Lipinski definition) is 15. The molecule has 0 saturated carbocycles. The summed E-state index contributed by atoms with van der Waals surface area (Å²) in [5, 5.41) is 0. The van der Waals surface area contributed by atoms with Crippen molar-refractivity contribution in [2.24, 2.45) is 5.41 Å². The van der Waals surface area contributed by atoms with Crippen molar-refractivity contribution in [3.8, 4) is 0 Å². The second-order valence-electron chi connectivity index (χ2n) is 10.4. The van der Waals surface area contributed by atoms with Crippen molar-refractivity contribution in [3.63, 3.8) is 0 Å². The largest absolute Gasteiger partial charge is 0.343 e. The minimum absolute atomic E-state index is 0.0396. The molecule has 222 valence electrons. The predicted molar refractivity (Wildman–Crippen MR) is 193 cm³/mol. The van der Waals surface area contributed by atoms with E-state index >= 15 is 0 Å². The Hall–Kier alpha value is 3.69. The van der Waals surface area contributed by atoms with Gasteiger partial charge in [0.05, 0.1) is 0 Å². The van der Waals surface area contributed by atoms with E-state index in [1.54, 1.807) is 0 Å². The summed E-state index contributed by atoms with van der Waals surface area (Å²) >= 11 is 31.8. The van der Waals surface area contributed by atoms with Gasteiger partial charge in [0.15, 0.2) is 0 Å². The molecule has 0 aromatic rings. The molecule has 15 heteroatoms. The lowest BCUT2D eigenvalue weighted by molar-refractivity contribution is 0.392. The first-order valence-electron chi connectivity index (χ1n) is 12.6. The zero-order valence-electron chi connectivity index (χ0n) is 22.2. The first-order valence-corrected chi connectivity index (χ1v) is 22.0. The first-order chi connectivity index (χ1) is 17.8. The van der Waals surface area contributed by atoms with Crippen molar-refractivity contribution in [3.05, 3.63) is 0 Å². The van der Waals surface area contributed by atoms with E-state index in [2.05, 4.69) is 113 Å². The molecule has 0 bridgehead atoms. The molecule has 0 radical (unpaired) electrons. The van der Waals surface area contributed by atoms with Gasteiger partial charge in [0.25, 0.3) is 0 Å². The summed E-state index contributed by atoms with van der Waals surface area (Å²) in [6.45, 7) is 8.59. The summed E-state index contributed by atoms with van der Waals surface area (Å²) in [6, 6.07) is 0. The van der Waals surface area contributed by atoms with Crippen LogP contribution in [0.3, 0.4) is 0 Å². The lowest BCUT2D eigenvalue weighted by Gasteiger charge is -2.34. The highest BCUT2D eigenvalue weighted by Crippen LogP contribution is 2.52. The van der Waals surface area contributed by atoms with Crippen LogP contribution >= 0.6 is 133 Å². The van der Waals surface area contributed by atoms with Crippen LogP contribution in [0.15, 0.2) is 0 Å². The summed E-state index contributed by atoms with van der Waals surface area (Å²) in [5.41, 5.74) is 0.488. The molecule has 4 rings (SSSR count). The monoisotopic (exact) mass is 732 g/mol. The number of epoxide rings is 4. The van der Waals surface area contributed by atoms with Crippen LogP contribution in [0.4, 0.5) is 0 Å². The van der Waals surface area contributed by atoms with E-state index in [1.165, 1.54) is 0 Å². The molecule has 38 heavy (non-hydrogen) atoms. The molecule has 4 saturated heterocycles. The van der Waals surface area contributed by atoms with Gasteiger partial charge < -0.3 is 18.9 Å². The average molecular weight is 733 g/mol. The van der Waals surface area contributed by atoms with E-state index in [0.717, 1.165) is 57.5 Å². The Labute approximate surface area is 281 Å². The molecule has 0 aromatic carbocycles. The summed E-state index contributed by atoms with van der Waals surface area (Å²) in [5.74, 6) is 11.2. The number of ether oxygens (including phenoxy) is 4. The second-order valence-corrected chi connectivity index (χ2v) is 21.5. The maximum absolute atomic E-state index is 5.83. The maximum Gasteiger partial charge on any atom is 0.147 e.